The smallest absolute Gasteiger partial charge is 0.386 e. The highest BCUT2D eigenvalue weighted by atomic mass is 32.7. The maximum absolute atomic E-state index is 12.2. The van der Waals surface area contributed by atoms with Crippen LogP contribution < -0.4 is 5.73 Å². The van der Waals surface area contributed by atoms with Crippen LogP contribution in [0.2, 0.25) is 0 Å². The van der Waals surface area contributed by atoms with E-state index in [2.05, 4.69) is 11.6 Å². The van der Waals surface area contributed by atoms with E-state index in [-0.39, 0.29) is 6.61 Å². The van der Waals surface area contributed by atoms with Crippen molar-refractivity contribution in [2.24, 2.45) is 10.7 Å². The number of fused-ring (bicyclic) bond motifs is 1. The van der Waals surface area contributed by atoms with Crippen molar-refractivity contribution in [1.29, 1.82) is 0 Å². The first-order chi connectivity index (χ1) is 10.3. The van der Waals surface area contributed by atoms with Crippen molar-refractivity contribution in [1.82, 2.24) is 4.90 Å². The molecule has 0 amide bonds. The number of ether oxygens (including phenoxy) is 1. The fourth-order valence-corrected chi connectivity index (χ4v) is 4.70. The van der Waals surface area contributed by atoms with E-state index in [1.807, 2.05) is 0 Å². The number of hydrogen-bond acceptors (Lipinski definition) is 9. The predicted octanol–water partition coefficient (Wildman–Crippen LogP) is 1.01. The van der Waals surface area contributed by atoms with Gasteiger partial charge in [0, 0.05) is 11.8 Å². The minimum Gasteiger partial charge on any atom is -0.386 e. The zero-order chi connectivity index (χ0) is 16.1. The monoisotopic (exact) mass is 347 g/mol. The average molecular weight is 347 g/mol. The molecule has 0 aromatic heterocycles. The van der Waals surface area contributed by atoms with Crippen LogP contribution >= 0.6 is 18.2 Å². The molecule has 8 nitrogen and oxygen atoms in total. The van der Waals surface area contributed by atoms with E-state index in [1.54, 1.807) is 24.3 Å². The van der Waals surface area contributed by atoms with Gasteiger partial charge in [-0.2, -0.15) is 0 Å². The first-order valence-electron chi connectivity index (χ1n) is 6.67. The van der Waals surface area contributed by atoms with Gasteiger partial charge in [-0.1, -0.05) is 6.58 Å². The molecule has 0 spiro atoms. The molecule has 0 aromatic carbocycles. The first-order valence-corrected chi connectivity index (χ1v) is 10.0. The third-order valence-corrected chi connectivity index (χ3v) is 7.07. The van der Waals surface area contributed by atoms with Crippen LogP contribution in [-0.4, -0.2) is 53.2 Å². The van der Waals surface area contributed by atoms with Crippen molar-refractivity contribution < 1.29 is 23.5 Å². The molecule has 10 heteroatoms. The minimum absolute atomic E-state index is 0.102. The maximum atomic E-state index is 12.2. The molecule has 3 unspecified atom stereocenters. The Labute approximate surface area is 132 Å². The van der Waals surface area contributed by atoms with E-state index >= 15 is 0 Å². The lowest BCUT2D eigenvalue weighted by Crippen LogP contribution is -2.43. The Morgan fingerprint density at radius 3 is 3.05 bits per heavy atom. The molecule has 5 atom stereocenters. The molecule has 0 aromatic rings. The highest BCUT2D eigenvalue weighted by molar-refractivity contribution is 8.54. The van der Waals surface area contributed by atoms with Gasteiger partial charge in [-0.05, 0) is 24.6 Å². The Balaban J connectivity index is 1.81. The van der Waals surface area contributed by atoms with Crippen LogP contribution in [-0.2, 0) is 18.3 Å². The Hall–Kier alpha value is -0.830. The van der Waals surface area contributed by atoms with Gasteiger partial charge in [0.25, 0.3) is 0 Å². The molecule has 2 saturated heterocycles. The van der Waals surface area contributed by atoms with Crippen molar-refractivity contribution in [2.45, 2.75) is 31.5 Å². The molecule has 2 fully saturated rings. The van der Waals surface area contributed by atoms with E-state index in [9.17, 15) is 9.67 Å². The minimum atomic E-state index is -3.23. The Kier molecular flexibility index (Phi) is 4.13. The lowest BCUT2D eigenvalue weighted by Gasteiger charge is -2.32. The number of nitrogens with two attached hydrogens (primary N) is 1. The van der Waals surface area contributed by atoms with Crippen LogP contribution in [0.25, 0.3) is 0 Å². The SMILES string of the molecule is C=C1N=C(N)C(C)=CN1[C@@H]1O[C@@H]2COP(=O)(SC)OC2C1O. The largest absolute Gasteiger partial charge is 0.389 e. The number of amidine groups is 1. The third kappa shape index (κ3) is 2.62. The molecule has 3 aliphatic heterocycles. The molecule has 3 N–H and O–H groups in total. The van der Waals surface area contributed by atoms with Crippen molar-refractivity contribution in [3.05, 3.63) is 24.2 Å². The van der Waals surface area contributed by atoms with Crippen molar-refractivity contribution in [3.63, 3.8) is 0 Å². The normalized spacial score (nSPS) is 42.0. The van der Waals surface area contributed by atoms with Crippen molar-refractivity contribution in [2.75, 3.05) is 12.9 Å². The van der Waals surface area contributed by atoms with Gasteiger partial charge in [0.2, 0.25) is 0 Å². The molecular formula is C12H18N3O5PS. The van der Waals surface area contributed by atoms with Crippen molar-refractivity contribution in [3.8, 4) is 0 Å². The van der Waals surface area contributed by atoms with E-state index in [1.165, 1.54) is 0 Å². The lowest BCUT2D eigenvalue weighted by atomic mass is 10.1. The van der Waals surface area contributed by atoms with Crippen LogP contribution in [0.15, 0.2) is 29.2 Å². The number of nitrogens with zero attached hydrogens (tertiary/aromatic N) is 2. The number of aliphatic imine (C=N–C) groups is 1. The third-order valence-electron chi connectivity index (χ3n) is 3.74. The summed E-state index contributed by atoms with van der Waals surface area (Å²) in [6.45, 7) is 2.48. The lowest BCUT2D eigenvalue weighted by molar-refractivity contribution is -0.0713. The molecule has 3 aliphatic rings. The highest BCUT2D eigenvalue weighted by Crippen LogP contribution is 2.63. The van der Waals surface area contributed by atoms with Crippen LogP contribution in [0.4, 0.5) is 0 Å². The van der Waals surface area contributed by atoms with E-state index in [4.69, 9.17) is 19.5 Å². The fraction of sp³-hybridized carbons (Fsp3) is 0.583. The second-order valence-corrected chi connectivity index (χ2v) is 9.35. The number of hydrogen-bond donors (Lipinski definition) is 2. The number of rotatable bonds is 2. The number of aliphatic hydroxyl groups excluding tert-OH is 1. The summed E-state index contributed by atoms with van der Waals surface area (Å²) < 4.78 is 28.7. The van der Waals surface area contributed by atoms with E-state index in [0.29, 0.717) is 11.7 Å². The second-order valence-electron chi connectivity index (χ2n) is 5.18. The van der Waals surface area contributed by atoms with E-state index in [0.717, 1.165) is 17.0 Å². The molecule has 0 aliphatic carbocycles. The van der Waals surface area contributed by atoms with E-state index < -0.39 is 31.3 Å². The molecular weight excluding hydrogens is 329 g/mol. The van der Waals surface area contributed by atoms with Gasteiger partial charge in [-0.3, -0.25) is 9.05 Å². The average Bonchev–Trinajstić information content (AvgIpc) is 2.80. The summed E-state index contributed by atoms with van der Waals surface area (Å²) in [4.78, 5) is 5.72. The van der Waals surface area contributed by atoms with Crippen molar-refractivity contribution >= 4 is 24.0 Å². The molecule has 0 radical (unpaired) electrons. The van der Waals surface area contributed by atoms with Gasteiger partial charge in [-0.25, -0.2) is 9.56 Å². The van der Waals surface area contributed by atoms with Crippen LogP contribution in [0.5, 0.6) is 0 Å². The summed E-state index contributed by atoms with van der Waals surface area (Å²) in [7, 11) is 0. The second kappa shape index (κ2) is 5.67. The zero-order valence-electron chi connectivity index (χ0n) is 12.2. The van der Waals surface area contributed by atoms with Gasteiger partial charge in [-0.15, -0.1) is 0 Å². The Morgan fingerprint density at radius 2 is 2.36 bits per heavy atom. The zero-order valence-corrected chi connectivity index (χ0v) is 13.9. The van der Waals surface area contributed by atoms with Gasteiger partial charge in [0.05, 0.1) is 6.61 Å². The predicted molar refractivity (Wildman–Crippen MR) is 83.0 cm³/mol. The molecule has 0 saturated carbocycles. The van der Waals surface area contributed by atoms with Gasteiger partial charge in [0.1, 0.15) is 30.0 Å². The quantitative estimate of drug-likeness (QED) is 0.713. The summed E-state index contributed by atoms with van der Waals surface area (Å²) in [5.74, 6) is 0.734. The topological polar surface area (TPSA) is 107 Å². The Bertz CT molecular complexity index is 610. The standard InChI is InChI=1S/C12H18N3O5PS/c1-6-4-15(7(2)14-11(6)13)12-9(16)10-8(19-12)5-18-21(17,20-10)22-3/h4,8-10,12,16H,2,5H2,1,3H3,(H2,13,14)/t8-,9?,10?,12-,21?/m1/s1. The molecule has 3 heterocycles. The summed E-state index contributed by atoms with van der Waals surface area (Å²) >= 11 is 1.00. The summed E-state index contributed by atoms with van der Waals surface area (Å²) in [6, 6.07) is 0. The van der Waals surface area contributed by atoms with Gasteiger partial charge in [0.15, 0.2) is 6.23 Å². The summed E-state index contributed by atoms with van der Waals surface area (Å²) in [6.07, 6.45) is 0.374. The fourth-order valence-electron chi connectivity index (χ4n) is 2.51. The number of aliphatic hydroxyl groups is 1. The van der Waals surface area contributed by atoms with Gasteiger partial charge >= 0.3 is 6.80 Å². The van der Waals surface area contributed by atoms with Crippen LogP contribution in [0.1, 0.15) is 6.92 Å². The highest BCUT2D eigenvalue weighted by Gasteiger charge is 2.53. The molecule has 122 valence electrons. The maximum Gasteiger partial charge on any atom is 0.389 e. The summed E-state index contributed by atoms with van der Waals surface area (Å²) in [5, 5.41) is 10.5. The Morgan fingerprint density at radius 1 is 1.64 bits per heavy atom. The van der Waals surface area contributed by atoms with Gasteiger partial charge < -0.3 is 20.5 Å². The summed E-state index contributed by atoms with van der Waals surface area (Å²) in [5.41, 5.74) is 6.48. The molecule has 3 rings (SSSR count). The first kappa shape index (κ1) is 16.0. The molecule has 0 bridgehead atoms. The van der Waals surface area contributed by atoms with Crippen LogP contribution in [0, 0.1) is 0 Å². The molecule has 22 heavy (non-hydrogen) atoms. The van der Waals surface area contributed by atoms with Crippen LogP contribution in [0.3, 0.4) is 0 Å².